The predicted molar refractivity (Wildman–Crippen MR) is 82.6 cm³/mol. The van der Waals surface area contributed by atoms with E-state index in [4.69, 9.17) is 4.74 Å². The molecule has 4 nitrogen and oxygen atoms in total. The maximum absolute atomic E-state index is 10.0. The zero-order valence-corrected chi connectivity index (χ0v) is 13.1. The van der Waals surface area contributed by atoms with Crippen molar-refractivity contribution in [3.63, 3.8) is 0 Å². The van der Waals surface area contributed by atoms with Crippen molar-refractivity contribution in [2.45, 2.75) is 26.5 Å². The second-order valence-corrected chi connectivity index (χ2v) is 5.73. The molecule has 5 heteroatoms. The van der Waals surface area contributed by atoms with Crippen molar-refractivity contribution in [2.75, 3.05) is 19.1 Å². The molecule has 0 unspecified atom stereocenters. The van der Waals surface area contributed by atoms with Crippen LogP contribution in [0.15, 0.2) is 23.7 Å². The molecule has 0 aliphatic carbocycles. The topological polar surface area (TPSA) is 45.6 Å². The van der Waals surface area contributed by atoms with Crippen LogP contribution in [-0.2, 0) is 6.54 Å². The number of rotatable bonds is 5. The number of aliphatic hydroxyl groups excluding tert-OH is 1. The third-order valence-electron chi connectivity index (χ3n) is 3.32. The van der Waals surface area contributed by atoms with Gasteiger partial charge in [-0.15, -0.1) is 11.3 Å². The van der Waals surface area contributed by atoms with Crippen LogP contribution in [0.25, 0.3) is 0 Å². The first-order chi connectivity index (χ1) is 9.54. The van der Waals surface area contributed by atoms with E-state index in [1.807, 2.05) is 37.7 Å². The van der Waals surface area contributed by atoms with E-state index in [1.54, 1.807) is 25.4 Å². The van der Waals surface area contributed by atoms with Gasteiger partial charge in [0.2, 0.25) is 0 Å². The Morgan fingerprint density at radius 1 is 1.45 bits per heavy atom. The first kappa shape index (κ1) is 14.8. The highest BCUT2D eigenvalue weighted by Crippen LogP contribution is 2.35. The predicted octanol–water partition coefficient (Wildman–Crippen LogP) is 3.15. The smallest absolute Gasteiger partial charge is 0.126 e. The van der Waals surface area contributed by atoms with Gasteiger partial charge in [-0.05, 0) is 26.0 Å². The van der Waals surface area contributed by atoms with Gasteiger partial charge in [0.25, 0.3) is 0 Å². The van der Waals surface area contributed by atoms with E-state index in [0.29, 0.717) is 5.75 Å². The third kappa shape index (κ3) is 2.94. The Morgan fingerprint density at radius 3 is 2.75 bits per heavy atom. The Bertz CT molecular complexity index is 581. The maximum atomic E-state index is 10.0. The number of ether oxygens (including phenoxy) is 1. The van der Waals surface area contributed by atoms with Crippen molar-refractivity contribution >= 4 is 17.0 Å². The van der Waals surface area contributed by atoms with Crippen LogP contribution in [-0.4, -0.2) is 24.2 Å². The molecule has 2 rings (SSSR count). The summed E-state index contributed by atoms with van der Waals surface area (Å²) in [6.45, 7) is 4.54. The van der Waals surface area contributed by atoms with E-state index < -0.39 is 6.10 Å². The molecule has 0 aliphatic rings. The molecule has 1 N–H and O–H groups in total. The Kier molecular flexibility index (Phi) is 4.62. The molecule has 1 aromatic heterocycles. The van der Waals surface area contributed by atoms with Crippen molar-refractivity contribution in [1.29, 1.82) is 0 Å². The summed E-state index contributed by atoms with van der Waals surface area (Å²) in [5, 5.41) is 10.0. The van der Waals surface area contributed by atoms with Crippen LogP contribution >= 0.6 is 11.3 Å². The van der Waals surface area contributed by atoms with E-state index in [9.17, 15) is 5.11 Å². The van der Waals surface area contributed by atoms with Gasteiger partial charge in [-0.1, -0.05) is 6.07 Å². The van der Waals surface area contributed by atoms with Crippen LogP contribution in [0.1, 0.15) is 29.2 Å². The van der Waals surface area contributed by atoms with Gasteiger partial charge < -0.3 is 14.7 Å². The standard InChI is InChI=1S/C15H20N2O2S/c1-10-14(20-9-16-10)8-17(3)12-6-5-7-13(19-4)15(12)11(2)18/h5-7,9,11,18H,8H2,1-4H3/t11-/m0/s1. The summed E-state index contributed by atoms with van der Waals surface area (Å²) < 4.78 is 5.36. The molecule has 0 radical (unpaired) electrons. The summed E-state index contributed by atoms with van der Waals surface area (Å²) in [5.74, 6) is 0.713. The Morgan fingerprint density at radius 2 is 2.20 bits per heavy atom. The molecule has 1 atom stereocenters. The van der Waals surface area contributed by atoms with Gasteiger partial charge >= 0.3 is 0 Å². The minimum absolute atomic E-state index is 0.578. The van der Waals surface area contributed by atoms with Crippen LogP contribution < -0.4 is 9.64 Å². The average molecular weight is 292 g/mol. The van der Waals surface area contributed by atoms with Gasteiger partial charge in [-0.2, -0.15) is 0 Å². The van der Waals surface area contributed by atoms with Gasteiger partial charge in [0.05, 0.1) is 31.0 Å². The normalized spacial score (nSPS) is 12.2. The average Bonchev–Trinajstić information content (AvgIpc) is 2.83. The molecular formula is C15H20N2O2S. The number of benzene rings is 1. The molecule has 0 fully saturated rings. The Labute approximate surface area is 123 Å². The van der Waals surface area contributed by atoms with Gasteiger partial charge in [0.1, 0.15) is 5.75 Å². The molecule has 2 aromatic rings. The fourth-order valence-corrected chi connectivity index (χ4v) is 3.07. The number of hydrogen-bond acceptors (Lipinski definition) is 5. The highest BCUT2D eigenvalue weighted by atomic mass is 32.1. The molecule has 0 saturated carbocycles. The summed E-state index contributed by atoms with van der Waals surface area (Å²) in [6, 6.07) is 5.81. The number of thiazole rings is 1. The number of aromatic nitrogens is 1. The molecule has 0 amide bonds. The minimum atomic E-state index is -0.578. The lowest BCUT2D eigenvalue weighted by atomic mass is 10.1. The molecule has 0 spiro atoms. The van der Waals surface area contributed by atoms with Gasteiger partial charge in [0, 0.05) is 23.2 Å². The number of aliphatic hydroxyl groups is 1. The fourth-order valence-electron chi connectivity index (χ4n) is 2.24. The second-order valence-electron chi connectivity index (χ2n) is 4.79. The van der Waals surface area contributed by atoms with Crippen molar-refractivity contribution in [3.8, 4) is 5.75 Å². The molecule has 20 heavy (non-hydrogen) atoms. The fraction of sp³-hybridized carbons (Fsp3) is 0.400. The lowest BCUT2D eigenvalue weighted by molar-refractivity contribution is 0.194. The largest absolute Gasteiger partial charge is 0.496 e. The van der Waals surface area contributed by atoms with E-state index in [1.165, 1.54) is 4.88 Å². The van der Waals surface area contributed by atoms with E-state index in [0.717, 1.165) is 23.5 Å². The van der Waals surface area contributed by atoms with Crippen LogP contribution in [0, 0.1) is 6.92 Å². The number of nitrogens with zero attached hydrogens (tertiary/aromatic N) is 2. The van der Waals surface area contributed by atoms with Crippen LogP contribution in [0.5, 0.6) is 5.75 Å². The molecule has 1 heterocycles. The minimum Gasteiger partial charge on any atom is -0.496 e. The van der Waals surface area contributed by atoms with E-state index in [-0.39, 0.29) is 0 Å². The highest BCUT2D eigenvalue weighted by molar-refractivity contribution is 7.09. The van der Waals surface area contributed by atoms with Gasteiger partial charge in [0.15, 0.2) is 0 Å². The summed E-state index contributed by atoms with van der Waals surface area (Å²) in [5.41, 5.74) is 4.72. The van der Waals surface area contributed by atoms with Crippen molar-refractivity contribution in [3.05, 3.63) is 39.8 Å². The summed E-state index contributed by atoms with van der Waals surface area (Å²) in [4.78, 5) is 7.62. The molecule has 1 aromatic carbocycles. The van der Waals surface area contributed by atoms with Crippen molar-refractivity contribution in [1.82, 2.24) is 4.98 Å². The maximum Gasteiger partial charge on any atom is 0.126 e. The quantitative estimate of drug-likeness (QED) is 0.919. The van der Waals surface area contributed by atoms with Crippen LogP contribution in [0.4, 0.5) is 5.69 Å². The van der Waals surface area contributed by atoms with Crippen LogP contribution in [0.2, 0.25) is 0 Å². The first-order valence-corrected chi connectivity index (χ1v) is 7.37. The number of anilines is 1. The van der Waals surface area contributed by atoms with E-state index >= 15 is 0 Å². The van der Waals surface area contributed by atoms with Gasteiger partial charge in [-0.25, -0.2) is 4.98 Å². The number of hydrogen-bond donors (Lipinski definition) is 1. The first-order valence-electron chi connectivity index (χ1n) is 6.49. The lowest BCUT2D eigenvalue weighted by Crippen LogP contribution is -2.19. The van der Waals surface area contributed by atoms with Crippen molar-refractivity contribution < 1.29 is 9.84 Å². The van der Waals surface area contributed by atoms with Crippen molar-refractivity contribution in [2.24, 2.45) is 0 Å². The van der Waals surface area contributed by atoms with E-state index in [2.05, 4.69) is 9.88 Å². The zero-order valence-electron chi connectivity index (χ0n) is 12.3. The monoisotopic (exact) mass is 292 g/mol. The SMILES string of the molecule is COc1cccc(N(C)Cc2scnc2C)c1[C@H](C)O. The zero-order chi connectivity index (χ0) is 14.7. The molecule has 108 valence electrons. The number of methoxy groups -OCH3 is 1. The van der Waals surface area contributed by atoms with Crippen LogP contribution in [0.3, 0.4) is 0 Å². The number of aryl methyl sites for hydroxylation is 1. The van der Waals surface area contributed by atoms with Gasteiger partial charge in [-0.3, -0.25) is 0 Å². The third-order valence-corrected chi connectivity index (χ3v) is 4.24. The molecule has 0 aliphatic heterocycles. The lowest BCUT2D eigenvalue weighted by Gasteiger charge is -2.24. The molecule has 0 saturated heterocycles. The molecular weight excluding hydrogens is 272 g/mol. The summed E-state index contributed by atoms with van der Waals surface area (Å²) >= 11 is 1.65. The summed E-state index contributed by atoms with van der Waals surface area (Å²) in [7, 11) is 3.64. The Hall–Kier alpha value is -1.59. The second kappa shape index (κ2) is 6.24. The highest BCUT2D eigenvalue weighted by Gasteiger charge is 2.17. The Balaban J connectivity index is 2.34. The summed E-state index contributed by atoms with van der Waals surface area (Å²) in [6.07, 6.45) is -0.578. The molecule has 0 bridgehead atoms.